The Morgan fingerprint density at radius 3 is 2.62 bits per heavy atom. The minimum atomic E-state index is -0.592. The van der Waals surface area contributed by atoms with Gasteiger partial charge in [-0.2, -0.15) is 0 Å². The van der Waals surface area contributed by atoms with Crippen molar-refractivity contribution < 1.29 is 8.78 Å². The summed E-state index contributed by atoms with van der Waals surface area (Å²) < 4.78 is 28.1. The second-order valence-electron chi connectivity index (χ2n) is 5.00. The van der Waals surface area contributed by atoms with E-state index in [1.807, 2.05) is 6.07 Å². The molecule has 0 spiro atoms. The van der Waals surface area contributed by atoms with Crippen LogP contribution in [0.25, 0.3) is 0 Å². The van der Waals surface area contributed by atoms with Gasteiger partial charge in [0.25, 0.3) is 0 Å². The van der Waals surface area contributed by atoms with Gasteiger partial charge in [0.05, 0.1) is 16.6 Å². The molecule has 8 heteroatoms. The summed E-state index contributed by atoms with van der Waals surface area (Å²) in [5.74, 6) is -0.842. The first-order chi connectivity index (χ1) is 11.5. The van der Waals surface area contributed by atoms with E-state index in [1.54, 1.807) is 23.1 Å². The van der Waals surface area contributed by atoms with Crippen LogP contribution in [0.3, 0.4) is 0 Å². The van der Waals surface area contributed by atoms with Crippen molar-refractivity contribution in [1.82, 2.24) is 14.8 Å². The van der Waals surface area contributed by atoms with Crippen LogP contribution in [0.5, 0.6) is 0 Å². The second kappa shape index (κ2) is 7.51. The number of hydrogen-bond donors (Lipinski definition) is 0. The smallest absolute Gasteiger partial charge is 0.208 e. The Kier molecular flexibility index (Phi) is 5.38. The molecule has 3 nitrogen and oxygen atoms in total. The summed E-state index contributed by atoms with van der Waals surface area (Å²) in [6, 6.07) is 8.87. The second-order valence-corrected chi connectivity index (χ2v) is 6.75. The van der Waals surface area contributed by atoms with Gasteiger partial charge in [0.2, 0.25) is 5.16 Å². The van der Waals surface area contributed by atoms with Crippen molar-refractivity contribution in [3.8, 4) is 0 Å². The summed E-state index contributed by atoms with van der Waals surface area (Å²) >= 11 is 13.1. The summed E-state index contributed by atoms with van der Waals surface area (Å²) in [4.78, 5) is 4.17. The predicted octanol–water partition coefficient (Wildman–Crippen LogP) is 5.20. The maximum absolute atomic E-state index is 13.6. The van der Waals surface area contributed by atoms with Crippen LogP contribution in [0.2, 0.25) is 10.0 Å². The quantitative estimate of drug-likeness (QED) is 0.565. The highest BCUT2D eigenvalue weighted by Gasteiger charge is 2.08. The fourth-order valence-corrected chi connectivity index (χ4v) is 3.15. The van der Waals surface area contributed by atoms with E-state index in [0.29, 0.717) is 33.1 Å². The molecule has 0 fully saturated rings. The molecule has 0 bridgehead atoms. The number of nitrogens with zero attached hydrogens (tertiary/aromatic N) is 3. The van der Waals surface area contributed by atoms with Gasteiger partial charge < -0.3 is 0 Å². The molecule has 0 unspecified atom stereocenters. The lowest BCUT2D eigenvalue weighted by atomic mass is 10.2. The molecule has 2 aromatic carbocycles. The van der Waals surface area contributed by atoms with Crippen LogP contribution in [-0.4, -0.2) is 14.8 Å². The van der Waals surface area contributed by atoms with Gasteiger partial charge >= 0.3 is 0 Å². The van der Waals surface area contributed by atoms with Crippen LogP contribution >= 0.6 is 35.0 Å². The van der Waals surface area contributed by atoms with Gasteiger partial charge in [0, 0.05) is 11.8 Å². The molecular formula is C16H11Cl2F2N3S. The molecule has 0 radical (unpaired) electrons. The van der Waals surface area contributed by atoms with E-state index in [4.69, 9.17) is 23.2 Å². The fraction of sp³-hybridized carbons (Fsp3) is 0.125. The molecule has 0 aliphatic heterocycles. The minimum absolute atomic E-state index is 0.322. The number of halogens is 4. The zero-order valence-electron chi connectivity index (χ0n) is 12.2. The maximum Gasteiger partial charge on any atom is 0.208 e. The topological polar surface area (TPSA) is 30.7 Å². The molecule has 0 N–H and O–H groups in total. The molecule has 3 rings (SSSR count). The molecule has 0 amide bonds. The highest BCUT2D eigenvalue weighted by atomic mass is 35.5. The molecule has 124 valence electrons. The predicted molar refractivity (Wildman–Crippen MR) is 91.5 cm³/mol. The van der Waals surface area contributed by atoms with Crippen molar-refractivity contribution in [2.45, 2.75) is 17.5 Å². The Labute approximate surface area is 151 Å². The highest BCUT2D eigenvalue weighted by molar-refractivity contribution is 7.98. The van der Waals surface area contributed by atoms with Gasteiger partial charge in [-0.1, -0.05) is 47.1 Å². The van der Waals surface area contributed by atoms with E-state index in [-0.39, 0.29) is 0 Å². The van der Waals surface area contributed by atoms with Crippen LogP contribution in [0, 0.1) is 11.6 Å². The molecule has 0 saturated heterocycles. The maximum atomic E-state index is 13.6. The summed E-state index contributed by atoms with van der Waals surface area (Å²) in [6.45, 7) is 0.495. The van der Waals surface area contributed by atoms with E-state index in [0.717, 1.165) is 11.6 Å². The van der Waals surface area contributed by atoms with E-state index in [9.17, 15) is 8.78 Å². The largest absolute Gasteiger partial charge is 0.247 e. The lowest BCUT2D eigenvalue weighted by Gasteiger charge is -2.03. The SMILES string of the molecule is Fc1ccc(CSc2ncn(Cc3ccc(Cl)c(Cl)c3)n2)c(F)c1. The highest BCUT2D eigenvalue weighted by Crippen LogP contribution is 2.24. The van der Waals surface area contributed by atoms with Crippen LogP contribution < -0.4 is 0 Å². The first kappa shape index (κ1) is 17.2. The van der Waals surface area contributed by atoms with Crippen molar-refractivity contribution in [2.24, 2.45) is 0 Å². The third-order valence-electron chi connectivity index (χ3n) is 3.22. The van der Waals surface area contributed by atoms with Gasteiger partial charge in [0.15, 0.2) is 0 Å². The standard InChI is InChI=1S/C16H11Cl2F2N3S/c17-13-4-1-10(5-14(13)18)7-23-9-21-16(22-23)24-8-11-2-3-12(19)6-15(11)20/h1-6,9H,7-8H2. The van der Waals surface area contributed by atoms with Gasteiger partial charge in [-0.15, -0.1) is 5.10 Å². The summed E-state index contributed by atoms with van der Waals surface area (Å²) in [5.41, 5.74) is 1.35. The molecular weight excluding hydrogens is 375 g/mol. The van der Waals surface area contributed by atoms with Crippen molar-refractivity contribution in [3.05, 3.63) is 75.5 Å². The number of benzene rings is 2. The number of thioether (sulfide) groups is 1. The Hall–Kier alpha value is -1.63. The van der Waals surface area contributed by atoms with Crippen molar-refractivity contribution in [3.63, 3.8) is 0 Å². The molecule has 1 heterocycles. The first-order valence-corrected chi connectivity index (χ1v) is 8.65. The Morgan fingerprint density at radius 1 is 1.04 bits per heavy atom. The molecule has 0 saturated carbocycles. The Balaban J connectivity index is 1.63. The monoisotopic (exact) mass is 385 g/mol. The number of rotatable bonds is 5. The Morgan fingerprint density at radius 2 is 1.88 bits per heavy atom. The lowest BCUT2D eigenvalue weighted by Crippen LogP contribution is -2.00. The summed E-state index contributed by atoms with van der Waals surface area (Å²) in [6.07, 6.45) is 1.59. The van der Waals surface area contributed by atoms with Crippen molar-refractivity contribution in [1.29, 1.82) is 0 Å². The van der Waals surface area contributed by atoms with Crippen molar-refractivity contribution >= 4 is 35.0 Å². The van der Waals surface area contributed by atoms with E-state index in [2.05, 4.69) is 10.1 Å². The van der Waals surface area contributed by atoms with Crippen LogP contribution in [0.15, 0.2) is 47.9 Å². The van der Waals surface area contributed by atoms with Crippen LogP contribution in [0.4, 0.5) is 8.78 Å². The zero-order valence-corrected chi connectivity index (χ0v) is 14.5. The summed E-state index contributed by atoms with van der Waals surface area (Å²) in [5, 5.41) is 5.81. The van der Waals surface area contributed by atoms with Crippen LogP contribution in [0.1, 0.15) is 11.1 Å². The van der Waals surface area contributed by atoms with Crippen LogP contribution in [-0.2, 0) is 12.3 Å². The van der Waals surface area contributed by atoms with E-state index < -0.39 is 11.6 Å². The molecule has 0 aliphatic carbocycles. The molecule has 3 aromatic rings. The Bertz CT molecular complexity index is 870. The normalized spacial score (nSPS) is 11.0. The molecule has 0 atom stereocenters. The lowest BCUT2D eigenvalue weighted by molar-refractivity contribution is 0.576. The van der Waals surface area contributed by atoms with Gasteiger partial charge in [-0.25, -0.2) is 18.4 Å². The number of hydrogen-bond acceptors (Lipinski definition) is 3. The van der Waals surface area contributed by atoms with Gasteiger partial charge in [-0.05, 0) is 29.3 Å². The minimum Gasteiger partial charge on any atom is -0.247 e. The fourth-order valence-electron chi connectivity index (χ4n) is 2.03. The van der Waals surface area contributed by atoms with E-state index >= 15 is 0 Å². The van der Waals surface area contributed by atoms with Gasteiger partial charge in [0.1, 0.15) is 18.0 Å². The average Bonchev–Trinajstić information content (AvgIpc) is 2.98. The third kappa shape index (κ3) is 4.26. The van der Waals surface area contributed by atoms with Crippen molar-refractivity contribution in [2.75, 3.05) is 0 Å². The van der Waals surface area contributed by atoms with E-state index in [1.165, 1.54) is 23.9 Å². The molecule has 0 aliphatic rings. The first-order valence-electron chi connectivity index (χ1n) is 6.91. The van der Waals surface area contributed by atoms with Gasteiger partial charge in [-0.3, -0.25) is 0 Å². The summed E-state index contributed by atoms with van der Waals surface area (Å²) in [7, 11) is 0. The molecule has 1 aromatic heterocycles. The average molecular weight is 386 g/mol. The zero-order chi connectivity index (χ0) is 17.1. The molecule has 24 heavy (non-hydrogen) atoms. The number of aromatic nitrogens is 3. The third-order valence-corrected chi connectivity index (χ3v) is 4.86.